The van der Waals surface area contributed by atoms with Gasteiger partial charge in [0.2, 0.25) is 5.91 Å². The number of benzene rings is 1. The molecule has 98 valence electrons. The van der Waals surface area contributed by atoms with Crippen molar-refractivity contribution in [3.05, 3.63) is 59.9 Å². The molecule has 1 heterocycles. The molecule has 0 spiro atoms. The van der Waals surface area contributed by atoms with E-state index in [2.05, 4.69) is 10.4 Å². The molecule has 0 bridgehead atoms. The van der Waals surface area contributed by atoms with E-state index in [1.54, 1.807) is 17.0 Å². The first-order chi connectivity index (χ1) is 9.15. The molecule has 0 saturated carbocycles. The van der Waals surface area contributed by atoms with Gasteiger partial charge in [0.15, 0.2) is 0 Å². The van der Waals surface area contributed by atoms with E-state index >= 15 is 0 Å². The molecule has 1 atom stereocenters. The minimum absolute atomic E-state index is 0.00718. The first kappa shape index (κ1) is 13.1. The number of amides is 1. The molecule has 1 aromatic heterocycles. The fourth-order valence-corrected chi connectivity index (χ4v) is 1.78. The van der Waals surface area contributed by atoms with E-state index in [-0.39, 0.29) is 11.9 Å². The molecule has 0 aliphatic rings. The van der Waals surface area contributed by atoms with Crippen molar-refractivity contribution in [2.75, 3.05) is 0 Å². The van der Waals surface area contributed by atoms with Crippen LogP contribution in [0.15, 0.2) is 48.8 Å². The third-order valence-corrected chi connectivity index (χ3v) is 2.81. The van der Waals surface area contributed by atoms with Crippen LogP contribution in [0.4, 0.5) is 0 Å². The minimum Gasteiger partial charge on any atom is -0.346 e. The van der Waals surface area contributed by atoms with E-state index in [9.17, 15) is 4.79 Å². The molecule has 2 rings (SSSR count). The Hall–Kier alpha value is -2.36. The predicted octanol–water partition coefficient (Wildman–Crippen LogP) is 2.31. The molecule has 0 aliphatic carbocycles. The molecule has 4 nitrogen and oxygen atoms in total. The first-order valence-corrected chi connectivity index (χ1v) is 6.17. The van der Waals surface area contributed by atoms with Gasteiger partial charge in [0.25, 0.3) is 0 Å². The number of hydrogen-bond acceptors (Lipinski definition) is 2. The van der Waals surface area contributed by atoms with Crippen LogP contribution in [0.1, 0.15) is 24.1 Å². The maximum Gasteiger partial charge on any atom is 0.244 e. The fourth-order valence-electron chi connectivity index (χ4n) is 1.78. The molecule has 2 aromatic rings. The molecule has 1 aromatic carbocycles. The molecule has 0 fully saturated rings. The number of aromatic nitrogens is 2. The SMILES string of the molecule is CC(NC(=O)C=Cc1cnn(C)c1)c1ccccc1. The summed E-state index contributed by atoms with van der Waals surface area (Å²) in [6.07, 6.45) is 6.84. The Morgan fingerprint density at radius 2 is 2.11 bits per heavy atom. The Bertz CT molecular complexity index is 572. The lowest BCUT2D eigenvalue weighted by Gasteiger charge is -2.12. The smallest absolute Gasteiger partial charge is 0.244 e. The predicted molar refractivity (Wildman–Crippen MR) is 75.2 cm³/mol. The van der Waals surface area contributed by atoms with Gasteiger partial charge in [-0.1, -0.05) is 30.3 Å². The summed E-state index contributed by atoms with van der Waals surface area (Å²) < 4.78 is 1.70. The van der Waals surface area contributed by atoms with E-state index < -0.39 is 0 Å². The Morgan fingerprint density at radius 3 is 2.74 bits per heavy atom. The van der Waals surface area contributed by atoms with Crippen molar-refractivity contribution >= 4 is 12.0 Å². The van der Waals surface area contributed by atoms with Crippen molar-refractivity contribution in [1.82, 2.24) is 15.1 Å². The molecule has 4 heteroatoms. The van der Waals surface area contributed by atoms with Gasteiger partial charge >= 0.3 is 0 Å². The second kappa shape index (κ2) is 6.00. The number of hydrogen-bond donors (Lipinski definition) is 1. The zero-order valence-corrected chi connectivity index (χ0v) is 11.1. The summed E-state index contributed by atoms with van der Waals surface area (Å²) in [5, 5.41) is 6.96. The van der Waals surface area contributed by atoms with Crippen LogP contribution in [0.3, 0.4) is 0 Å². The Morgan fingerprint density at radius 1 is 1.37 bits per heavy atom. The highest BCUT2D eigenvalue weighted by Crippen LogP contribution is 2.11. The fraction of sp³-hybridized carbons (Fsp3) is 0.200. The number of carbonyl (C=O) groups is 1. The highest BCUT2D eigenvalue weighted by molar-refractivity contribution is 5.91. The average Bonchev–Trinajstić information content (AvgIpc) is 2.83. The van der Waals surface area contributed by atoms with Gasteiger partial charge < -0.3 is 5.32 Å². The quantitative estimate of drug-likeness (QED) is 0.852. The molecule has 0 radical (unpaired) electrons. The van der Waals surface area contributed by atoms with Crippen molar-refractivity contribution in [2.45, 2.75) is 13.0 Å². The summed E-state index contributed by atoms with van der Waals surface area (Å²) in [6.45, 7) is 1.96. The first-order valence-electron chi connectivity index (χ1n) is 6.17. The van der Waals surface area contributed by atoms with Crippen LogP contribution >= 0.6 is 0 Å². The average molecular weight is 255 g/mol. The lowest BCUT2D eigenvalue weighted by molar-refractivity contribution is -0.117. The molecule has 1 unspecified atom stereocenters. The summed E-state index contributed by atoms with van der Waals surface area (Å²) >= 11 is 0. The monoisotopic (exact) mass is 255 g/mol. The summed E-state index contributed by atoms with van der Waals surface area (Å²) in [5.74, 6) is -0.111. The number of nitrogens with zero attached hydrogens (tertiary/aromatic N) is 2. The van der Waals surface area contributed by atoms with E-state index in [4.69, 9.17) is 0 Å². The number of aryl methyl sites for hydroxylation is 1. The maximum absolute atomic E-state index is 11.8. The molecule has 19 heavy (non-hydrogen) atoms. The highest BCUT2D eigenvalue weighted by Gasteiger charge is 2.06. The summed E-state index contributed by atoms with van der Waals surface area (Å²) in [7, 11) is 1.84. The lowest BCUT2D eigenvalue weighted by Crippen LogP contribution is -2.24. The molecule has 1 amide bonds. The zero-order valence-electron chi connectivity index (χ0n) is 11.1. The number of rotatable bonds is 4. The van der Waals surface area contributed by atoms with Gasteiger partial charge in [-0.25, -0.2) is 0 Å². The van der Waals surface area contributed by atoms with Gasteiger partial charge in [-0.15, -0.1) is 0 Å². The third-order valence-electron chi connectivity index (χ3n) is 2.81. The molecule has 0 aliphatic heterocycles. The van der Waals surface area contributed by atoms with Crippen LogP contribution in [0.2, 0.25) is 0 Å². The van der Waals surface area contributed by atoms with Crippen molar-refractivity contribution in [2.24, 2.45) is 7.05 Å². The van der Waals surface area contributed by atoms with Crippen LogP contribution in [-0.2, 0) is 11.8 Å². The van der Waals surface area contributed by atoms with Crippen LogP contribution < -0.4 is 5.32 Å². The maximum atomic E-state index is 11.8. The highest BCUT2D eigenvalue weighted by atomic mass is 16.1. The topological polar surface area (TPSA) is 46.9 Å². The summed E-state index contributed by atoms with van der Waals surface area (Å²) in [5.41, 5.74) is 2.00. The van der Waals surface area contributed by atoms with Crippen molar-refractivity contribution in [3.63, 3.8) is 0 Å². The van der Waals surface area contributed by atoms with Gasteiger partial charge in [-0.3, -0.25) is 9.48 Å². The van der Waals surface area contributed by atoms with Crippen LogP contribution in [0, 0.1) is 0 Å². The van der Waals surface area contributed by atoms with Crippen LogP contribution in [0.25, 0.3) is 6.08 Å². The van der Waals surface area contributed by atoms with Gasteiger partial charge in [0.05, 0.1) is 12.2 Å². The third kappa shape index (κ3) is 3.81. The number of carbonyl (C=O) groups excluding carboxylic acids is 1. The minimum atomic E-state index is -0.111. The van der Waals surface area contributed by atoms with Gasteiger partial charge in [0, 0.05) is 24.9 Å². The van der Waals surface area contributed by atoms with E-state index in [0.717, 1.165) is 11.1 Å². The number of nitrogens with one attached hydrogen (secondary N) is 1. The van der Waals surface area contributed by atoms with Gasteiger partial charge in [0.1, 0.15) is 0 Å². The largest absolute Gasteiger partial charge is 0.346 e. The summed E-state index contributed by atoms with van der Waals surface area (Å²) in [6, 6.07) is 9.87. The zero-order chi connectivity index (χ0) is 13.7. The Labute approximate surface area is 112 Å². The Kier molecular flexibility index (Phi) is 4.13. The Balaban J connectivity index is 1.93. The van der Waals surface area contributed by atoms with Crippen LogP contribution in [-0.4, -0.2) is 15.7 Å². The second-order valence-electron chi connectivity index (χ2n) is 4.42. The summed E-state index contributed by atoms with van der Waals surface area (Å²) in [4.78, 5) is 11.8. The van der Waals surface area contributed by atoms with Crippen LogP contribution in [0.5, 0.6) is 0 Å². The van der Waals surface area contributed by atoms with Crippen molar-refractivity contribution in [1.29, 1.82) is 0 Å². The molecular weight excluding hydrogens is 238 g/mol. The standard InChI is InChI=1S/C15H17N3O/c1-12(14-6-4-3-5-7-14)17-15(19)9-8-13-10-16-18(2)11-13/h3-12H,1-2H3,(H,17,19). The molecule has 0 saturated heterocycles. The van der Waals surface area contributed by atoms with Crippen molar-refractivity contribution in [3.8, 4) is 0 Å². The normalized spacial score (nSPS) is 12.5. The van der Waals surface area contributed by atoms with E-state index in [1.807, 2.05) is 50.5 Å². The molecular formula is C15H17N3O. The van der Waals surface area contributed by atoms with Gasteiger partial charge in [-0.2, -0.15) is 5.10 Å². The van der Waals surface area contributed by atoms with Gasteiger partial charge in [-0.05, 0) is 18.6 Å². The lowest BCUT2D eigenvalue weighted by atomic mass is 10.1. The van der Waals surface area contributed by atoms with E-state index in [1.165, 1.54) is 6.08 Å². The van der Waals surface area contributed by atoms with Crippen molar-refractivity contribution < 1.29 is 4.79 Å². The molecule has 1 N–H and O–H groups in total. The van der Waals surface area contributed by atoms with E-state index in [0.29, 0.717) is 0 Å². The second-order valence-corrected chi connectivity index (χ2v) is 4.42.